The molecule has 0 aliphatic carbocycles. The Kier molecular flexibility index (Phi) is 8.48. The van der Waals surface area contributed by atoms with Crippen molar-refractivity contribution in [3.8, 4) is 11.5 Å². The normalized spacial score (nSPS) is 18.6. The molecule has 0 bridgehead atoms. The van der Waals surface area contributed by atoms with Gasteiger partial charge in [-0.3, -0.25) is 9.59 Å². The molecule has 1 fully saturated rings. The van der Waals surface area contributed by atoms with Crippen LogP contribution in [0.25, 0.3) is 0 Å². The number of piperidine rings is 1. The van der Waals surface area contributed by atoms with Gasteiger partial charge in [-0.25, -0.2) is 17.5 Å². The maximum atomic E-state index is 14.8. The molecule has 3 N–H and O–H groups in total. The van der Waals surface area contributed by atoms with E-state index in [-0.39, 0.29) is 60.4 Å². The molecule has 10 heteroatoms. The zero-order valence-corrected chi connectivity index (χ0v) is 22.5. The van der Waals surface area contributed by atoms with E-state index in [1.807, 2.05) is 4.90 Å². The number of halogens is 1. The lowest BCUT2D eigenvalue weighted by Gasteiger charge is -2.43. The molecule has 39 heavy (non-hydrogen) atoms. The molecule has 4 rings (SSSR count). The quantitative estimate of drug-likeness (QED) is 0.346. The average Bonchev–Trinajstić information content (AvgIpc) is 2.88. The summed E-state index contributed by atoms with van der Waals surface area (Å²) in [6.07, 6.45) is 1.05. The predicted octanol–water partition coefficient (Wildman–Crippen LogP) is 3.49. The van der Waals surface area contributed by atoms with Gasteiger partial charge in [0.15, 0.2) is 11.6 Å². The van der Waals surface area contributed by atoms with E-state index in [9.17, 15) is 32.6 Å². The third-order valence-corrected chi connectivity index (χ3v) is 7.90. The first kappa shape index (κ1) is 28.4. The molecule has 0 radical (unpaired) electrons. The number of rotatable bonds is 9. The second-order valence-electron chi connectivity index (χ2n) is 9.95. The second-order valence-corrected chi connectivity index (χ2v) is 11.8. The number of phenols is 2. The van der Waals surface area contributed by atoms with Gasteiger partial charge in [-0.1, -0.05) is 36.4 Å². The largest absolute Gasteiger partial charge is 0.508 e. The molecule has 2 atom stereocenters. The highest BCUT2D eigenvalue weighted by atomic mass is 32.2. The van der Waals surface area contributed by atoms with Crippen LogP contribution >= 0.6 is 0 Å². The lowest BCUT2D eigenvalue weighted by atomic mass is 9.68. The Bertz CT molecular complexity index is 1430. The third kappa shape index (κ3) is 6.70. The number of nitrogens with one attached hydrogen (secondary N) is 1. The van der Waals surface area contributed by atoms with Crippen LogP contribution in [0.5, 0.6) is 11.5 Å². The minimum Gasteiger partial charge on any atom is -0.508 e. The van der Waals surface area contributed by atoms with Crippen LogP contribution in [0.4, 0.5) is 4.39 Å². The highest BCUT2D eigenvalue weighted by molar-refractivity contribution is 7.88. The van der Waals surface area contributed by atoms with Gasteiger partial charge >= 0.3 is 0 Å². The van der Waals surface area contributed by atoms with E-state index in [1.54, 1.807) is 43.3 Å². The van der Waals surface area contributed by atoms with Crippen molar-refractivity contribution in [1.82, 2.24) is 9.62 Å². The third-order valence-electron chi connectivity index (χ3n) is 7.17. The van der Waals surface area contributed by atoms with Crippen LogP contribution < -0.4 is 4.72 Å². The Hall–Kier alpha value is -3.60. The van der Waals surface area contributed by atoms with E-state index in [4.69, 9.17) is 0 Å². The molecule has 206 valence electrons. The number of carbonyl (C=O) groups excluding carboxylic acids is 2. The zero-order chi connectivity index (χ0) is 28.3. The first-order valence-corrected chi connectivity index (χ1v) is 14.4. The number of benzene rings is 3. The van der Waals surface area contributed by atoms with E-state index >= 15 is 0 Å². The summed E-state index contributed by atoms with van der Waals surface area (Å²) in [4.78, 5) is 29.8. The number of hydrogen-bond acceptors (Lipinski definition) is 7. The number of Topliss-reactive ketones (excluding diaryl/α,β-unsaturated/α-hetero) is 2. The number of carbonyl (C=O) groups is 2. The van der Waals surface area contributed by atoms with Gasteiger partial charge in [-0.05, 0) is 48.4 Å². The van der Waals surface area contributed by atoms with Crippen molar-refractivity contribution in [2.24, 2.45) is 11.8 Å². The summed E-state index contributed by atoms with van der Waals surface area (Å²) in [7, 11) is -3.45. The molecule has 1 saturated heterocycles. The standard InChI is InChI=1S/C29H31FN2O6S/c1-18-23(10-5-11-26(18)30)27-24(28(35)19-6-3-8-21(33)14-19)16-32(13-12-31-39(2,37)38)17-25(27)29(36)20-7-4-9-22(34)15-20/h3-11,14-15,24-25,27,31,33-34H,12-13,16-17H2,1-2H3/t24-,25-/m0/s1. The Morgan fingerprint density at radius 3 is 1.92 bits per heavy atom. The fourth-order valence-corrected chi connectivity index (χ4v) is 5.83. The summed E-state index contributed by atoms with van der Waals surface area (Å²) in [6, 6.07) is 16.5. The summed E-state index contributed by atoms with van der Waals surface area (Å²) < 4.78 is 40.5. The molecular formula is C29H31FN2O6S. The van der Waals surface area contributed by atoms with Gasteiger partial charge in [-0.15, -0.1) is 0 Å². The maximum Gasteiger partial charge on any atom is 0.208 e. The molecule has 1 aliphatic rings. The lowest BCUT2D eigenvalue weighted by Crippen LogP contribution is -2.52. The molecule has 1 heterocycles. The SMILES string of the molecule is Cc1c(F)cccc1C1[C@@H](C(=O)c2cccc(O)c2)CN(CCNS(C)(=O)=O)C[C@@H]1C(=O)c1cccc(O)c1. The van der Waals surface area contributed by atoms with E-state index in [0.717, 1.165) is 6.26 Å². The minimum absolute atomic E-state index is 0.0720. The first-order chi connectivity index (χ1) is 18.4. The number of phenolic OH excluding ortho intramolecular Hbond substituents is 2. The summed E-state index contributed by atoms with van der Waals surface area (Å²) >= 11 is 0. The fourth-order valence-electron chi connectivity index (χ4n) is 5.37. The Morgan fingerprint density at radius 1 is 0.923 bits per heavy atom. The number of hydrogen-bond donors (Lipinski definition) is 3. The van der Waals surface area contributed by atoms with Crippen molar-refractivity contribution in [3.05, 3.63) is 94.8 Å². The monoisotopic (exact) mass is 554 g/mol. The van der Waals surface area contributed by atoms with Gasteiger partial charge in [0.25, 0.3) is 0 Å². The van der Waals surface area contributed by atoms with Crippen molar-refractivity contribution in [2.75, 3.05) is 32.4 Å². The zero-order valence-electron chi connectivity index (χ0n) is 21.7. The molecule has 8 nitrogen and oxygen atoms in total. The maximum absolute atomic E-state index is 14.8. The van der Waals surface area contributed by atoms with Gasteiger partial charge in [-0.2, -0.15) is 0 Å². The molecular weight excluding hydrogens is 523 g/mol. The van der Waals surface area contributed by atoms with Crippen LogP contribution in [-0.4, -0.2) is 67.5 Å². The highest BCUT2D eigenvalue weighted by Crippen LogP contribution is 2.42. The van der Waals surface area contributed by atoms with Crippen molar-refractivity contribution in [1.29, 1.82) is 0 Å². The van der Waals surface area contributed by atoms with Crippen LogP contribution in [0.1, 0.15) is 37.8 Å². The molecule has 3 aromatic carbocycles. The smallest absolute Gasteiger partial charge is 0.208 e. The molecule has 0 saturated carbocycles. The summed E-state index contributed by atoms with van der Waals surface area (Å²) in [5, 5.41) is 20.1. The molecule has 0 spiro atoms. The van der Waals surface area contributed by atoms with Crippen molar-refractivity contribution < 1.29 is 32.6 Å². The highest BCUT2D eigenvalue weighted by Gasteiger charge is 2.45. The van der Waals surface area contributed by atoms with Gasteiger partial charge in [0, 0.05) is 55.1 Å². The van der Waals surface area contributed by atoms with Crippen molar-refractivity contribution in [2.45, 2.75) is 12.8 Å². The summed E-state index contributed by atoms with van der Waals surface area (Å²) in [6.45, 7) is 2.28. The van der Waals surface area contributed by atoms with E-state index < -0.39 is 33.6 Å². The van der Waals surface area contributed by atoms with Crippen molar-refractivity contribution in [3.63, 3.8) is 0 Å². The average molecular weight is 555 g/mol. The number of sulfonamides is 1. The first-order valence-electron chi connectivity index (χ1n) is 12.5. The predicted molar refractivity (Wildman–Crippen MR) is 145 cm³/mol. The number of aromatic hydroxyl groups is 2. The fraction of sp³-hybridized carbons (Fsp3) is 0.310. The van der Waals surface area contributed by atoms with E-state index in [1.165, 1.54) is 30.3 Å². The molecule has 0 unspecified atom stereocenters. The van der Waals surface area contributed by atoms with Crippen molar-refractivity contribution >= 4 is 21.6 Å². The molecule has 3 aromatic rings. The van der Waals surface area contributed by atoms with Crippen LogP contribution in [0.2, 0.25) is 0 Å². The van der Waals surface area contributed by atoms with Gasteiger partial charge in [0.2, 0.25) is 10.0 Å². The summed E-state index contributed by atoms with van der Waals surface area (Å²) in [5.74, 6) is -3.63. The molecule has 0 amide bonds. The van der Waals surface area contributed by atoms with E-state index in [2.05, 4.69) is 4.72 Å². The van der Waals surface area contributed by atoms with Gasteiger partial charge in [0.1, 0.15) is 17.3 Å². The van der Waals surface area contributed by atoms with Crippen LogP contribution in [0.3, 0.4) is 0 Å². The Morgan fingerprint density at radius 2 is 1.44 bits per heavy atom. The van der Waals surface area contributed by atoms with E-state index in [0.29, 0.717) is 11.1 Å². The van der Waals surface area contributed by atoms with Crippen LogP contribution in [-0.2, 0) is 10.0 Å². The molecule has 1 aliphatic heterocycles. The second kappa shape index (κ2) is 11.6. The topological polar surface area (TPSA) is 124 Å². The van der Waals surface area contributed by atoms with Gasteiger partial charge in [0.05, 0.1) is 6.26 Å². The minimum atomic E-state index is -3.45. The van der Waals surface area contributed by atoms with Gasteiger partial charge < -0.3 is 15.1 Å². The Balaban J connectivity index is 1.82. The lowest BCUT2D eigenvalue weighted by molar-refractivity contribution is 0.0576. The number of nitrogens with zero attached hydrogens (tertiary/aromatic N) is 1. The van der Waals surface area contributed by atoms with Crippen LogP contribution in [0.15, 0.2) is 66.7 Å². The summed E-state index contributed by atoms with van der Waals surface area (Å²) in [5.41, 5.74) is 1.36. The van der Waals surface area contributed by atoms with Crippen LogP contribution in [0, 0.1) is 24.6 Å². The molecule has 0 aromatic heterocycles. The number of ketones is 2. The Labute approximate surface area is 227 Å². The number of likely N-dealkylation sites (tertiary alicyclic amines) is 1.